The van der Waals surface area contributed by atoms with E-state index in [1.807, 2.05) is 0 Å². The zero-order valence-corrected chi connectivity index (χ0v) is 12.7. The van der Waals surface area contributed by atoms with Crippen molar-refractivity contribution in [2.75, 3.05) is 6.26 Å². The number of thiazole rings is 1. The molecule has 0 aliphatic carbocycles. The van der Waals surface area contributed by atoms with Gasteiger partial charge in [0, 0.05) is 0 Å². The van der Waals surface area contributed by atoms with Crippen LogP contribution in [0.1, 0.15) is 0 Å². The molecule has 0 spiro atoms. The minimum atomic E-state index is 0.181. The van der Waals surface area contributed by atoms with Crippen molar-refractivity contribution in [3.63, 3.8) is 0 Å². The zero-order chi connectivity index (χ0) is 9.26. The molecule has 5 heteroatoms. The Labute approximate surface area is 105 Å². The third kappa shape index (κ3) is 2.29. The Balaban J connectivity index is 2.57. The summed E-state index contributed by atoms with van der Waals surface area (Å²) in [6.45, 7) is 0. The molecule has 1 aromatic heterocycles. The van der Waals surface area contributed by atoms with Gasteiger partial charge >= 0.3 is 107 Å². The number of halogens is 2. The average molecular weight is 434 g/mol. The molecule has 1 heterocycles. The fourth-order valence-corrected chi connectivity index (χ4v) is 5.20. The summed E-state index contributed by atoms with van der Waals surface area (Å²) >= 11 is 6.19. The molecule has 0 aliphatic rings. The van der Waals surface area contributed by atoms with Crippen LogP contribution in [0.2, 0.25) is 0 Å². The van der Waals surface area contributed by atoms with E-state index < -0.39 is 0 Å². The molecule has 0 unspecified atom stereocenters. The van der Waals surface area contributed by atoms with Gasteiger partial charge in [-0.25, -0.2) is 0 Å². The van der Waals surface area contributed by atoms with Gasteiger partial charge in [0.2, 0.25) is 0 Å². The molecule has 1 nitrogen and oxygen atoms in total. The number of nitrogens with zero attached hydrogens (tertiary/aromatic N) is 1. The second-order valence-electron chi connectivity index (χ2n) is 2.37. The molecule has 0 fully saturated rings. The molecule has 0 radical (unpaired) electrons. The topological polar surface area (TPSA) is 12.9 Å². The Morgan fingerprint density at radius 1 is 1.54 bits per heavy atom. The molecule has 0 saturated heterocycles. The van der Waals surface area contributed by atoms with Crippen molar-refractivity contribution in [1.82, 2.24) is 4.98 Å². The van der Waals surface area contributed by atoms with Crippen LogP contribution in [0.25, 0.3) is 10.2 Å². The molecule has 0 aliphatic heterocycles. The van der Waals surface area contributed by atoms with Gasteiger partial charge in [-0.15, -0.1) is 0 Å². The third-order valence-corrected chi connectivity index (χ3v) is 7.89. The summed E-state index contributed by atoms with van der Waals surface area (Å²) in [4.78, 5) is 4.50. The van der Waals surface area contributed by atoms with Crippen LogP contribution in [-0.2, 0) is 0 Å². The second-order valence-corrected chi connectivity index (χ2v) is 8.84. The van der Waals surface area contributed by atoms with Crippen molar-refractivity contribution in [3.05, 3.63) is 21.8 Å². The van der Waals surface area contributed by atoms with Gasteiger partial charge in [-0.3, -0.25) is 0 Å². The van der Waals surface area contributed by atoms with Gasteiger partial charge in [-0.2, -0.15) is 0 Å². The van der Waals surface area contributed by atoms with Crippen LogP contribution in [0.3, 0.4) is 0 Å². The van der Waals surface area contributed by atoms with Crippen LogP contribution in [0.15, 0.2) is 22.5 Å². The molecule has 70 valence electrons. The summed E-state index contributed by atoms with van der Waals surface area (Å²) < 4.78 is 3.99. The molecule has 0 saturated carbocycles. The fourth-order valence-electron chi connectivity index (χ4n) is 1.01. The van der Waals surface area contributed by atoms with Crippen LogP contribution >= 0.6 is 41.7 Å². The zero-order valence-electron chi connectivity index (χ0n) is 6.75. The maximum absolute atomic E-state index is 4.50. The van der Waals surface area contributed by atoms with E-state index in [1.165, 1.54) is 12.6 Å². The summed E-state index contributed by atoms with van der Waals surface area (Å²) in [6, 6.07) is 6.62. The molecule has 2 rings (SSSR count). The van der Waals surface area contributed by atoms with Crippen molar-refractivity contribution in [1.29, 1.82) is 0 Å². The van der Waals surface area contributed by atoms with Crippen molar-refractivity contribution >= 4 is 51.9 Å². The van der Waals surface area contributed by atoms with E-state index in [1.54, 1.807) is 23.1 Å². The van der Waals surface area contributed by atoms with Gasteiger partial charge in [0.05, 0.1) is 0 Å². The van der Waals surface area contributed by atoms with Gasteiger partial charge < -0.3 is 0 Å². The molecule has 0 amide bonds. The predicted octanol–water partition coefficient (Wildman–Crippen LogP) is 0.627. The normalized spacial score (nSPS) is 11.2. The first kappa shape index (κ1) is 10.4. The van der Waals surface area contributed by atoms with E-state index in [2.05, 4.69) is 48.1 Å². The molecule has 1 aromatic carbocycles. The Hall–Kier alpha value is 0.920. The summed E-state index contributed by atoms with van der Waals surface area (Å²) in [5.41, 5.74) is 1.15. The maximum atomic E-state index is 4.50. The van der Waals surface area contributed by atoms with Crippen molar-refractivity contribution in [3.8, 4) is 0 Å². The van der Waals surface area contributed by atoms with Crippen molar-refractivity contribution < 1.29 is 17.2 Å². The molecule has 0 bridgehead atoms. The summed E-state index contributed by atoms with van der Waals surface area (Å²) in [5.74, 6) is 0. The van der Waals surface area contributed by atoms with Crippen molar-refractivity contribution in [2.45, 2.75) is 4.34 Å². The Morgan fingerprint density at radius 2 is 2.38 bits per heavy atom. The van der Waals surface area contributed by atoms with Gasteiger partial charge in [0.25, 0.3) is 0 Å². The number of aromatic nitrogens is 1. The number of thioether (sulfide) groups is 1. The van der Waals surface area contributed by atoms with E-state index in [-0.39, 0.29) is 17.2 Å². The van der Waals surface area contributed by atoms with Crippen LogP contribution in [-0.4, -0.2) is 11.2 Å². The molecule has 13 heavy (non-hydrogen) atoms. The SMILES string of the molecule is CSc1nc2ccc([I-]I)cc2s1. The standard InChI is InChI=1S/C8H6I2NS2/c1-12-8-11-6-3-2-5(10-9)4-7(6)13-8/h2-4H,1H3/q-1. The Morgan fingerprint density at radius 3 is 3.08 bits per heavy atom. The molecule has 0 N–H and O–H groups in total. The summed E-state index contributed by atoms with van der Waals surface area (Å²) in [7, 11) is 0. The summed E-state index contributed by atoms with van der Waals surface area (Å²) in [6.07, 6.45) is 2.07. The molecular weight excluding hydrogens is 428 g/mol. The third-order valence-electron chi connectivity index (χ3n) is 1.59. The van der Waals surface area contributed by atoms with Crippen LogP contribution in [0.5, 0.6) is 0 Å². The molecular formula is C8H6I2NS2-. The molecule has 2 aromatic rings. The van der Waals surface area contributed by atoms with E-state index >= 15 is 0 Å². The predicted molar refractivity (Wildman–Crippen MR) is 64.1 cm³/mol. The number of hydrogen-bond donors (Lipinski definition) is 0. The van der Waals surface area contributed by atoms with Crippen LogP contribution < -0.4 is 17.2 Å². The summed E-state index contributed by atoms with van der Waals surface area (Å²) in [5, 5.41) is 0. The number of fused-ring (bicyclic) bond motifs is 1. The van der Waals surface area contributed by atoms with Crippen LogP contribution in [0, 0.1) is 3.57 Å². The molecule has 0 atom stereocenters. The van der Waals surface area contributed by atoms with Gasteiger partial charge in [-0.05, 0) is 0 Å². The minimum absolute atomic E-state index is 0.181. The van der Waals surface area contributed by atoms with Gasteiger partial charge in [0.15, 0.2) is 0 Å². The Kier molecular flexibility index (Phi) is 3.71. The van der Waals surface area contributed by atoms with E-state index in [0.29, 0.717) is 0 Å². The van der Waals surface area contributed by atoms with E-state index in [0.717, 1.165) is 5.52 Å². The first-order chi connectivity index (χ1) is 6.33. The first-order valence-electron chi connectivity index (χ1n) is 3.54. The first-order valence-corrected chi connectivity index (χ1v) is 12.9. The average Bonchev–Trinajstić information content (AvgIpc) is 2.58. The number of rotatable bonds is 2. The Bertz CT molecular complexity index is 425. The fraction of sp³-hybridized carbons (Fsp3) is 0.125. The van der Waals surface area contributed by atoms with E-state index in [9.17, 15) is 0 Å². The number of hydrogen-bond acceptors (Lipinski definition) is 3. The van der Waals surface area contributed by atoms with Crippen molar-refractivity contribution in [2.24, 2.45) is 0 Å². The van der Waals surface area contributed by atoms with Gasteiger partial charge in [0.1, 0.15) is 0 Å². The quantitative estimate of drug-likeness (QED) is 0.509. The van der Waals surface area contributed by atoms with Gasteiger partial charge in [-0.1, -0.05) is 0 Å². The monoisotopic (exact) mass is 434 g/mol. The second kappa shape index (κ2) is 4.63. The number of benzene rings is 1. The van der Waals surface area contributed by atoms with Crippen LogP contribution in [0.4, 0.5) is 0 Å². The van der Waals surface area contributed by atoms with E-state index in [4.69, 9.17) is 0 Å².